The van der Waals surface area contributed by atoms with Gasteiger partial charge >= 0.3 is 0 Å². The first-order valence-electron chi connectivity index (χ1n) is 4.92. The molecule has 6 heteroatoms. The average molecular weight is 266 g/mol. The summed E-state index contributed by atoms with van der Waals surface area (Å²) in [4.78, 5) is 0. The topological polar surface area (TPSA) is 30.5 Å². The van der Waals surface area contributed by atoms with Gasteiger partial charge in [0.25, 0.3) is 5.92 Å². The summed E-state index contributed by atoms with van der Waals surface area (Å²) in [6, 6.07) is 2.95. The van der Waals surface area contributed by atoms with E-state index in [4.69, 9.17) is 9.47 Å². The molecule has 0 saturated carbocycles. The van der Waals surface area contributed by atoms with Crippen molar-refractivity contribution < 1.29 is 18.3 Å². The van der Waals surface area contributed by atoms with Gasteiger partial charge in [-0.25, -0.2) is 0 Å². The van der Waals surface area contributed by atoms with Gasteiger partial charge in [0.1, 0.15) is 0 Å². The van der Waals surface area contributed by atoms with Gasteiger partial charge < -0.3 is 14.8 Å². The molecular formula is C11H14ClF2NO2. The van der Waals surface area contributed by atoms with Crippen molar-refractivity contribution in [3.8, 4) is 11.5 Å². The van der Waals surface area contributed by atoms with Gasteiger partial charge in [-0.15, -0.1) is 12.4 Å². The third-order valence-corrected chi connectivity index (χ3v) is 2.67. The zero-order valence-corrected chi connectivity index (χ0v) is 10.4. The van der Waals surface area contributed by atoms with Crippen LogP contribution in [0.4, 0.5) is 8.78 Å². The Bertz CT molecular complexity index is 413. The van der Waals surface area contributed by atoms with Crippen molar-refractivity contribution in [3.63, 3.8) is 0 Å². The molecule has 1 aliphatic heterocycles. The minimum absolute atomic E-state index is 0. The first-order valence-corrected chi connectivity index (χ1v) is 4.92. The molecule has 0 amide bonds. The quantitative estimate of drug-likeness (QED) is 0.890. The molecule has 1 heterocycles. The van der Waals surface area contributed by atoms with Crippen LogP contribution >= 0.6 is 12.4 Å². The molecule has 3 nitrogen and oxygen atoms in total. The number of halogens is 3. The van der Waals surface area contributed by atoms with E-state index in [-0.39, 0.29) is 24.5 Å². The van der Waals surface area contributed by atoms with Crippen LogP contribution in [0, 0.1) is 0 Å². The van der Waals surface area contributed by atoms with E-state index in [2.05, 4.69) is 5.32 Å². The number of methoxy groups -OCH3 is 2. The number of rotatable bonds is 2. The van der Waals surface area contributed by atoms with Crippen molar-refractivity contribution in [2.75, 3.05) is 20.8 Å². The van der Waals surface area contributed by atoms with Gasteiger partial charge in [0.15, 0.2) is 11.5 Å². The fraction of sp³-hybridized carbons (Fsp3) is 0.455. The van der Waals surface area contributed by atoms with Gasteiger partial charge in [0, 0.05) is 12.1 Å². The van der Waals surface area contributed by atoms with E-state index < -0.39 is 5.92 Å². The van der Waals surface area contributed by atoms with Gasteiger partial charge in [-0.3, -0.25) is 0 Å². The molecule has 0 fully saturated rings. The summed E-state index contributed by atoms with van der Waals surface area (Å²) in [5.74, 6) is -2.05. The predicted octanol–water partition coefficient (Wildman–Crippen LogP) is 2.32. The van der Waals surface area contributed by atoms with Crippen LogP contribution in [-0.2, 0) is 12.5 Å². The molecule has 0 unspecified atom stereocenters. The lowest BCUT2D eigenvalue weighted by Crippen LogP contribution is -2.36. The maximum atomic E-state index is 13.6. The Hall–Kier alpha value is -1.07. The maximum absolute atomic E-state index is 13.6. The van der Waals surface area contributed by atoms with E-state index in [0.717, 1.165) is 0 Å². The summed E-state index contributed by atoms with van der Waals surface area (Å²) >= 11 is 0. The summed E-state index contributed by atoms with van der Waals surface area (Å²) in [5, 5.41) is 2.67. The molecule has 17 heavy (non-hydrogen) atoms. The van der Waals surface area contributed by atoms with E-state index in [1.165, 1.54) is 20.3 Å². The lowest BCUT2D eigenvalue weighted by Gasteiger charge is -2.27. The Morgan fingerprint density at radius 2 is 1.76 bits per heavy atom. The van der Waals surface area contributed by atoms with Gasteiger partial charge in [0.05, 0.1) is 20.8 Å². The Labute approximate surface area is 105 Å². The molecule has 0 bridgehead atoms. The first-order chi connectivity index (χ1) is 7.58. The summed E-state index contributed by atoms with van der Waals surface area (Å²) in [7, 11) is 2.92. The van der Waals surface area contributed by atoms with Gasteiger partial charge in [0.2, 0.25) is 0 Å². The standard InChI is InChI=1S/C11H13F2NO2.ClH/c1-15-9-3-7-5-14-6-11(12,13)8(7)4-10(9)16-2;/h3-4,14H,5-6H2,1-2H3;1H. The molecule has 0 radical (unpaired) electrons. The first kappa shape index (κ1) is 14.0. The zero-order chi connectivity index (χ0) is 11.8. The Morgan fingerprint density at radius 3 is 2.35 bits per heavy atom. The second kappa shape index (κ2) is 5.06. The fourth-order valence-electron chi connectivity index (χ4n) is 1.86. The predicted molar refractivity (Wildman–Crippen MR) is 62.4 cm³/mol. The molecule has 0 atom stereocenters. The van der Waals surface area contributed by atoms with Crippen LogP contribution < -0.4 is 14.8 Å². The molecule has 0 saturated heterocycles. The number of benzene rings is 1. The Balaban J connectivity index is 0.00000144. The largest absolute Gasteiger partial charge is 0.493 e. The van der Waals surface area contributed by atoms with Crippen LogP contribution in [0.1, 0.15) is 11.1 Å². The molecule has 0 aliphatic carbocycles. The maximum Gasteiger partial charge on any atom is 0.285 e. The molecule has 1 aliphatic rings. The highest BCUT2D eigenvalue weighted by Gasteiger charge is 2.37. The monoisotopic (exact) mass is 265 g/mol. The van der Waals surface area contributed by atoms with Crippen molar-refractivity contribution in [1.29, 1.82) is 0 Å². The van der Waals surface area contributed by atoms with E-state index in [1.54, 1.807) is 6.07 Å². The molecule has 0 aromatic heterocycles. The van der Waals surface area contributed by atoms with Crippen LogP contribution in [0.15, 0.2) is 12.1 Å². The van der Waals surface area contributed by atoms with Crippen molar-refractivity contribution in [2.45, 2.75) is 12.5 Å². The van der Waals surface area contributed by atoms with E-state index in [1.807, 2.05) is 0 Å². The number of ether oxygens (including phenoxy) is 2. The fourth-order valence-corrected chi connectivity index (χ4v) is 1.86. The number of hydrogen-bond acceptors (Lipinski definition) is 3. The SMILES string of the molecule is COc1cc2c(cc1OC)C(F)(F)CNC2.Cl. The van der Waals surface area contributed by atoms with E-state index in [0.29, 0.717) is 23.6 Å². The minimum atomic E-state index is -2.85. The Kier molecular flexibility index (Phi) is 4.16. The Morgan fingerprint density at radius 1 is 1.18 bits per heavy atom. The highest BCUT2D eigenvalue weighted by Crippen LogP contribution is 2.39. The van der Waals surface area contributed by atoms with Gasteiger partial charge in [-0.2, -0.15) is 8.78 Å². The lowest BCUT2D eigenvalue weighted by atomic mass is 9.97. The van der Waals surface area contributed by atoms with Crippen molar-refractivity contribution in [2.24, 2.45) is 0 Å². The van der Waals surface area contributed by atoms with Crippen LogP contribution in [-0.4, -0.2) is 20.8 Å². The molecule has 1 aromatic carbocycles. The zero-order valence-electron chi connectivity index (χ0n) is 9.55. The van der Waals surface area contributed by atoms with Crippen LogP contribution in [0.3, 0.4) is 0 Å². The van der Waals surface area contributed by atoms with E-state index >= 15 is 0 Å². The molecular weight excluding hydrogens is 252 g/mol. The van der Waals surface area contributed by atoms with Crippen molar-refractivity contribution in [1.82, 2.24) is 5.32 Å². The van der Waals surface area contributed by atoms with E-state index in [9.17, 15) is 8.78 Å². The third-order valence-electron chi connectivity index (χ3n) is 2.67. The summed E-state index contributed by atoms with van der Waals surface area (Å²) in [5.41, 5.74) is 0.567. The highest BCUT2D eigenvalue weighted by atomic mass is 35.5. The smallest absolute Gasteiger partial charge is 0.285 e. The van der Waals surface area contributed by atoms with Gasteiger partial charge in [-0.05, 0) is 17.7 Å². The molecule has 2 rings (SSSR count). The second-order valence-electron chi connectivity index (χ2n) is 3.67. The number of fused-ring (bicyclic) bond motifs is 1. The average Bonchev–Trinajstić information content (AvgIpc) is 2.27. The van der Waals surface area contributed by atoms with Crippen LogP contribution in [0.2, 0.25) is 0 Å². The molecule has 1 aromatic rings. The molecule has 0 spiro atoms. The van der Waals surface area contributed by atoms with Crippen LogP contribution in [0.25, 0.3) is 0 Å². The highest BCUT2D eigenvalue weighted by molar-refractivity contribution is 5.85. The van der Waals surface area contributed by atoms with Crippen LogP contribution in [0.5, 0.6) is 11.5 Å². The normalized spacial score (nSPS) is 16.7. The summed E-state index contributed by atoms with van der Waals surface area (Å²) in [6.45, 7) is 0.0841. The van der Waals surface area contributed by atoms with Gasteiger partial charge in [-0.1, -0.05) is 0 Å². The third kappa shape index (κ3) is 2.45. The number of alkyl halides is 2. The van der Waals surface area contributed by atoms with Crippen molar-refractivity contribution in [3.05, 3.63) is 23.3 Å². The number of nitrogens with one attached hydrogen (secondary N) is 1. The number of hydrogen-bond donors (Lipinski definition) is 1. The lowest BCUT2D eigenvalue weighted by molar-refractivity contribution is -0.0110. The van der Waals surface area contributed by atoms with Crippen molar-refractivity contribution >= 4 is 12.4 Å². The second-order valence-corrected chi connectivity index (χ2v) is 3.67. The summed E-state index contributed by atoms with van der Waals surface area (Å²) in [6.07, 6.45) is 0. The summed E-state index contributed by atoms with van der Waals surface area (Å²) < 4.78 is 37.3. The molecule has 96 valence electrons. The minimum Gasteiger partial charge on any atom is -0.493 e. The molecule has 1 N–H and O–H groups in total.